The molecule has 1 N–H and O–H groups in total. The molecule has 2 fully saturated rings. The first-order valence-corrected chi connectivity index (χ1v) is 11.1. The lowest BCUT2D eigenvalue weighted by atomic mass is 10.1. The third-order valence-corrected chi connectivity index (χ3v) is 5.17. The Balaban J connectivity index is 0.00000450. The van der Waals surface area contributed by atoms with E-state index in [0.717, 1.165) is 84.4 Å². The number of hydrogen-bond acceptors (Lipinski definition) is 5. The van der Waals surface area contributed by atoms with Crippen molar-refractivity contribution < 1.29 is 14.3 Å². The predicted octanol–water partition coefficient (Wildman–Crippen LogP) is 2.48. The molecule has 9 heteroatoms. The second-order valence-corrected chi connectivity index (χ2v) is 9.01. The smallest absolute Gasteiger partial charge is 0.410 e. The molecule has 0 radical (unpaired) electrons. The van der Waals surface area contributed by atoms with Crippen molar-refractivity contribution in [3.05, 3.63) is 0 Å². The molecule has 2 heterocycles. The number of amides is 1. The second-order valence-electron chi connectivity index (χ2n) is 9.01. The van der Waals surface area contributed by atoms with E-state index >= 15 is 0 Å². The number of hydrogen-bond donors (Lipinski definition) is 1. The molecule has 2 saturated heterocycles. The Morgan fingerprint density at radius 1 is 1.27 bits per heavy atom. The van der Waals surface area contributed by atoms with Crippen LogP contribution in [0.25, 0.3) is 0 Å². The summed E-state index contributed by atoms with van der Waals surface area (Å²) in [5.74, 6) is 1.58. The van der Waals surface area contributed by atoms with E-state index in [1.54, 1.807) is 0 Å². The molecule has 1 atom stereocenters. The van der Waals surface area contributed by atoms with E-state index in [-0.39, 0.29) is 30.1 Å². The summed E-state index contributed by atoms with van der Waals surface area (Å²) in [4.78, 5) is 23.4. The number of carbonyl (C=O) groups is 1. The van der Waals surface area contributed by atoms with E-state index < -0.39 is 5.60 Å². The fourth-order valence-electron chi connectivity index (χ4n) is 3.63. The molecule has 2 aliphatic rings. The molecule has 0 aromatic carbocycles. The zero-order valence-electron chi connectivity index (χ0n) is 19.5. The van der Waals surface area contributed by atoms with Crippen LogP contribution < -0.4 is 5.32 Å². The van der Waals surface area contributed by atoms with Crippen LogP contribution in [0.1, 0.15) is 40.5 Å². The van der Waals surface area contributed by atoms with Crippen LogP contribution in [0.2, 0.25) is 0 Å². The zero-order valence-corrected chi connectivity index (χ0v) is 21.8. The number of nitrogens with one attached hydrogen (secondary N) is 1. The molecule has 0 spiro atoms. The SMILES string of the molecule is CCNC(=NCCCN1CCN(C(=O)OC(C)(C)C)CC1)N(C)CC1CCOC1.I. The Bertz CT molecular complexity index is 527. The van der Waals surface area contributed by atoms with Gasteiger partial charge in [-0.3, -0.25) is 9.89 Å². The van der Waals surface area contributed by atoms with E-state index in [9.17, 15) is 4.79 Å². The summed E-state index contributed by atoms with van der Waals surface area (Å²) < 4.78 is 10.9. The molecule has 0 aromatic heterocycles. The van der Waals surface area contributed by atoms with Crippen LogP contribution in [-0.4, -0.2) is 105 Å². The maximum Gasteiger partial charge on any atom is 0.410 e. The molecule has 0 saturated carbocycles. The van der Waals surface area contributed by atoms with Crippen molar-refractivity contribution in [1.82, 2.24) is 20.0 Å². The summed E-state index contributed by atoms with van der Waals surface area (Å²) >= 11 is 0. The number of aliphatic imine (C=N–C) groups is 1. The lowest BCUT2D eigenvalue weighted by Gasteiger charge is -2.35. The Labute approximate surface area is 199 Å². The van der Waals surface area contributed by atoms with Gasteiger partial charge in [0.05, 0.1) is 6.61 Å². The van der Waals surface area contributed by atoms with Crippen LogP contribution in [0.4, 0.5) is 4.79 Å². The van der Waals surface area contributed by atoms with Gasteiger partial charge in [-0.2, -0.15) is 0 Å². The van der Waals surface area contributed by atoms with Crippen LogP contribution in [-0.2, 0) is 9.47 Å². The van der Waals surface area contributed by atoms with Crippen molar-refractivity contribution in [1.29, 1.82) is 0 Å². The van der Waals surface area contributed by atoms with Gasteiger partial charge in [-0.25, -0.2) is 4.79 Å². The fourth-order valence-corrected chi connectivity index (χ4v) is 3.63. The predicted molar refractivity (Wildman–Crippen MR) is 132 cm³/mol. The summed E-state index contributed by atoms with van der Waals surface area (Å²) in [5.41, 5.74) is -0.436. The number of carbonyl (C=O) groups excluding carboxylic acids is 1. The van der Waals surface area contributed by atoms with Gasteiger partial charge in [-0.1, -0.05) is 0 Å². The number of guanidine groups is 1. The highest BCUT2D eigenvalue weighted by Crippen LogP contribution is 2.14. The highest BCUT2D eigenvalue weighted by Gasteiger charge is 2.25. The number of nitrogens with zero attached hydrogens (tertiary/aromatic N) is 4. The first-order valence-electron chi connectivity index (χ1n) is 11.1. The third kappa shape index (κ3) is 10.00. The molecule has 1 unspecified atom stereocenters. The van der Waals surface area contributed by atoms with E-state index in [0.29, 0.717) is 5.92 Å². The van der Waals surface area contributed by atoms with Crippen molar-refractivity contribution in [2.45, 2.75) is 46.1 Å². The van der Waals surface area contributed by atoms with Crippen molar-refractivity contribution >= 4 is 36.0 Å². The number of halogens is 1. The lowest BCUT2D eigenvalue weighted by Crippen LogP contribution is -2.50. The van der Waals surface area contributed by atoms with Crippen LogP contribution >= 0.6 is 24.0 Å². The zero-order chi connectivity index (χ0) is 21.3. The third-order valence-electron chi connectivity index (χ3n) is 5.17. The topological polar surface area (TPSA) is 69.6 Å². The molecule has 1 amide bonds. The minimum atomic E-state index is -0.436. The van der Waals surface area contributed by atoms with Crippen LogP contribution in [0, 0.1) is 5.92 Å². The van der Waals surface area contributed by atoms with E-state index in [2.05, 4.69) is 29.1 Å². The summed E-state index contributed by atoms with van der Waals surface area (Å²) in [6.45, 7) is 16.5. The van der Waals surface area contributed by atoms with E-state index in [1.165, 1.54) is 0 Å². The molecule has 30 heavy (non-hydrogen) atoms. The van der Waals surface area contributed by atoms with Gasteiger partial charge in [0.15, 0.2) is 5.96 Å². The second kappa shape index (κ2) is 13.6. The van der Waals surface area contributed by atoms with Gasteiger partial charge >= 0.3 is 6.09 Å². The Morgan fingerprint density at radius 3 is 2.53 bits per heavy atom. The first-order chi connectivity index (χ1) is 13.8. The van der Waals surface area contributed by atoms with Gasteiger partial charge in [-0.05, 0) is 40.5 Å². The Morgan fingerprint density at radius 2 is 1.97 bits per heavy atom. The largest absolute Gasteiger partial charge is 0.444 e. The summed E-state index contributed by atoms with van der Waals surface area (Å²) in [6.07, 6.45) is 1.95. The standard InChI is InChI=1S/C21H41N5O3.HI/c1-6-22-19(24(5)16-18-8-15-28-17-18)23-9-7-10-25-11-13-26(14-12-25)20(27)29-21(2,3)4;/h18H,6-17H2,1-5H3,(H,22,23);1H. The van der Waals surface area contributed by atoms with Crippen LogP contribution in [0.15, 0.2) is 4.99 Å². The van der Waals surface area contributed by atoms with E-state index in [4.69, 9.17) is 14.5 Å². The minimum Gasteiger partial charge on any atom is -0.444 e. The average Bonchev–Trinajstić information content (AvgIpc) is 3.16. The number of ether oxygens (including phenoxy) is 2. The van der Waals surface area contributed by atoms with Gasteiger partial charge in [0.1, 0.15) is 5.60 Å². The molecule has 2 rings (SSSR count). The summed E-state index contributed by atoms with van der Waals surface area (Å²) in [5, 5.41) is 3.40. The van der Waals surface area contributed by atoms with Crippen LogP contribution in [0.5, 0.6) is 0 Å². The van der Waals surface area contributed by atoms with Gasteiger partial charge in [0, 0.05) is 71.9 Å². The minimum absolute atomic E-state index is 0. The lowest BCUT2D eigenvalue weighted by molar-refractivity contribution is 0.0145. The normalized spacial score (nSPS) is 20.6. The molecule has 176 valence electrons. The molecular formula is C21H42IN5O3. The highest BCUT2D eigenvalue weighted by atomic mass is 127. The Hall–Kier alpha value is -0.810. The number of rotatable bonds is 7. The van der Waals surface area contributed by atoms with E-state index in [1.807, 2.05) is 25.7 Å². The maximum atomic E-state index is 12.2. The van der Waals surface area contributed by atoms with Gasteiger partial charge in [-0.15, -0.1) is 24.0 Å². The van der Waals surface area contributed by atoms with Gasteiger partial charge < -0.3 is 24.6 Å². The number of piperazine rings is 1. The average molecular weight is 540 g/mol. The molecule has 8 nitrogen and oxygen atoms in total. The van der Waals surface area contributed by atoms with Crippen LogP contribution in [0.3, 0.4) is 0 Å². The van der Waals surface area contributed by atoms with Gasteiger partial charge in [0.2, 0.25) is 0 Å². The fraction of sp³-hybridized carbons (Fsp3) is 0.905. The monoisotopic (exact) mass is 539 g/mol. The summed E-state index contributed by atoms with van der Waals surface area (Å²) in [6, 6.07) is 0. The summed E-state index contributed by atoms with van der Waals surface area (Å²) in [7, 11) is 2.11. The van der Waals surface area contributed by atoms with Gasteiger partial charge in [0.25, 0.3) is 0 Å². The maximum absolute atomic E-state index is 12.2. The van der Waals surface area contributed by atoms with Crippen molar-refractivity contribution in [2.24, 2.45) is 10.9 Å². The quantitative estimate of drug-likeness (QED) is 0.232. The molecule has 0 aromatic rings. The van der Waals surface area contributed by atoms with Crippen molar-refractivity contribution in [2.75, 3.05) is 72.6 Å². The molecule has 2 aliphatic heterocycles. The van der Waals surface area contributed by atoms with Crippen molar-refractivity contribution in [3.8, 4) is 0 Å². The highest BCUT2D eigenvalue weighted by molar-refractivity contribution is 14.0. The molecule has 0 bridgehead atoms. The molecular weight excluding hydrogens is 497 g/mol. The molecule has 0 aliphatic carbocycles. The van der Waals surface area contributed by atoms with Crippen molar-refractivity contribution in [3.63, 3.8) is 0 Å². The first kappa shape index (κ1) is 27.2. The Kier molecular flexibility index (Phi) is 12.3.